The lowest BCUT2D eigenvalue weighted by Crippen LogP contribution is -2.02. The summed E-state index contributed by atoms with van der Waals surface area (Å²) in [6.07, 6.45) is 2.08. The van der Waals surface area contributed by atoms with Gasteiger partial charge in [-0.05, 0) is 63.7 Å². The molecule has 0 bridgehead atoms. The predicted octanol–water partition coefficient (Wildman–Crippen LogP) is 6.87. The highest BCUT2D eigenvalue weighted by Crippen LogP contribution is 2.34. The average Bonchev–Trinajstić information content (AvgIpc) is 3.06. The van der Waals surface area contributed by atoms with Gasteiger partial charge in [-0.25, -0.2) is 0 Å². The number of phenols is 1. The van der Waals surface area contributed by atoms with E-state index >= 15 is 0 Å². The van der Waals surface area contributed by atoms with Crippen LogP contribution in [-0.4, -0.2) is 15.9 Å². The molecular formula is C24H22INOS. The molecule has 0 amide bonds. The zero-order chi connectivity index (χ0) is 19.7. The van der Waals surface area contributed by atoms with Crippen molar-refractivity contribution in [3.05, 3.63) is 93.1 Å². The Balaban J connectivity index is 1.65. The maximum atomic E-state index is 10.3. The lowest BCUT2D eigenvalue weighted by molar-refractivity contribution is 0.481. The number of aromatic hydroxyl groups is 1. The van der Waals surface area contributed by atoms with E-state index in [0.717, 1.165) is 26.0 Å². The van der Waals surface area contributed by atoms with Crippen LogP contribution in [0.5, 0.6) is 5.75 Å². The highest BCUT2D eigenvalue weighted by molar-refractivity contribution is 14.1. The minimum Gasteiger partial charge on any atom is -0.507 e. The minimum absolute atomic E-state index is 0.350. The standard InChI is InChI=1S/C24H22INOS/c1-16(18-6-4-3-5-7-18)19-10-8-17(9-11-19)15-26-22-12-20(25)13-23(27)21(22)14-24(26)28-2/h3-14,16,27H,15H2,1-2H3. The van der Waals surface area contributed by atoms with Crippen LogP contribution in [0, 0.1) is 3.57 Å². The van der Waals surface area contributed by atoms with Crippen molar-refractivity contribution in [1.29, 1.82) is 0 Å². The molecule has 28 heavy (non-hydrogen) atoms. The Labute approximate surface area is 183 Å². The Bertz CT molecular complexity index is 1100. The number of aromatic nitrogens is 1. The van der Waals surface area contributed by atoms with Crippen molar-refractivity contribution in [3.63, 3.8) is 0 Å². The predicted molar refractivity (Wildman–Crippen MR) is 128 cm³/mol. The van der Waals surface area contributed by atoms with E-state index in [1.165, 1.54) is 16.7 Å². The third kappa shape index (κ3) is 3.80. The molecular weight excluding hydrogens is 477 g/mol. The normalized spacial score (nSPS) is 12.4. The van der Waals surface area contributed by atoms with Crippen LogP contribution in [0.25, 0.3) is 10.9 Å². The Morgan fingerprint density at radius 3 is 2.32 bits per heavy atom. The summed E-state index contributed by atoms with van der Waals surface area (Å²) in [6.45, 7) is 3.04. The summed E-state index contributed by atoms with van der Waals surface area (Å²) in [5, 5.41) is 12.4. The molecule has 4 heteroatoms. The summed E-state index contributed by atoms with van der Waals surface area (Å²) in [5.74, 6) is 0.728. The van der Waals surface area contributed by atoms with Crippen LogP contribution < -0.4 is 0 Å². The van der Waals surface area contributed by atoms with Crippen LogP contribution in [-0.2, 0) is 6.54 Å². The summed E-state index contributed by atoms with van der Waals surface area (Å²) in [4.78, 5) is 0. The Hall–Kier alpha value is -1.92. The quantitative estimate of drug-likeness (QED) is 0.239. The van der Waals surface area contributed by atoms with Gasteiger partial charge >= 0.3 is 0 Å². The molecule has 1 N–H and O–H groups in total. The molecule has 1 aromatic heterocycles. The van der Waals surface area contributed by atoms with E-state index in [4.69, 9.17) is 0 Å². The second kappa shape index (κ2) is 8.21. The van der Waals surface area contributed by atoms with Crippen molar-refractivity contribution in [1.82, 2.24) is 4.57 Å². The van der Waals surface area contributed by atoms with Gasteiger partial charge in [0.1, 0.15) is 5.75 Å². The van der Waals surface area contributed by atoms with Crippen molar-refractivity contribution in [2.24, 2.45) is 0 Å². The number of hydrogen-bond acceptors (Lipinski definition) is 2. The maximum Gasteiger partial charge on any atom is 0.126 e. The largest absolute Gasteiger partial charge is 0.507 e. The first kappa shape index (κ1) is 19.4. The third-order valence-corrected chi connectivity index (χ3v) is 6.63. The summed E-state index contributed by atoms with van der Waals surface area (Å²) in [6, 6.07) is 25.6. The molecule has 1 atom stereocenters. The van der Waals surface area contributed by atoms with E-state index < -0.39 is 0 Å². The molecule has 3 aromatic carbocycles. The maximum absolute atomic E-state index is 10.3. The summed E-state index contributed by atoms with van der Waals surface area (Å²) >= 11 is 3.97. The van der Waals surface area contributed by atoms with Crippen molar-refractivity contribution in [2.45, 2.75) is 24.4 Å². The number of hydrogen-bond donors (Lipinski definition) is 1. The Kier molecular flexibility index (Phi) is 5.69. The average molecular weight is 499 g/mol. The van der Waals surface area contributed by atoms with Gasteiger partial charge in [-0.2, -0.15) is 0 Å². The second-order valence-electron chi connectivity index (χ2n) is 7.00. The number of rotatable bonds is 5. The summed E-state index contributed by atoms with van der Waals surface area (Å²) in [5.41, 5.74) is 5.00. The molecule has 1 heterocycles. The molecule has 0 saturated heterocycles. The summed E-state index contributed by atoms with van der Waals surface area (Å²) < 4.78 is 3.33. The number of benzene rings is 3. The molecule has 4 rings (SSSR count). The van der Waals surface area contributed by atoms with E-state index in [0.29, 0.717) is 11.7 Å². The molecule has 0 radical (unpaired) electrons. The first-order chi connectivity index (χ1) is 13.6. The first-order valence-electron chi connectivity index (χ1n) is 9.26. The minimum atomic E-state index is 0.350. The molecule has 142 valence electrons. The molecule has 0 aliphatic rings. The van der Waals surface area contributed by atoms with Crippen LogP contribution in [0.1, 0.15) is 29.5 Å². The second-order valence-corrected chi connectivity index (χ2v) is 9.08. The fourth-order valence-electron chi connectivity index (χ4n) is 3.64. The topological polar surface area (TPSA) is 25.2 Å². The molecule has 2 nitrogen and oxygen atoms in total. The van der Waals surface area contributed by atoms with E-state index in [-0.39, 0.29) is 0 Å². The van der Waals surface area contributed by atoms with Gasteiger partial charge < -0.3 is 9.67 Å². The molecule has 0 spiro atoms. The van der Waals surface area contributed by atoms with E-state index in [9.17, 15) is 5.11 Å². The molecule has 1 unspecified atom stereocenters. The lowest BCUT2D eigenvalue weighted by Gasteiger charge is -2.14. The Morgan fingerprint density at radius 2 is 1.64 bits per heavy atom. The van der Waals surface area contributed by atoms with Crippen molar-refractivity contribution >= 4 is 45.3 Å². The van der Waals surface area contributed by atoms with Gasteiger partial charge in [-0.3, -0.25) is 0 Å². The SMILES string of the molecule is CSc1cc2c(O)cc(I)cc2n1Cc1ccc(C(C)c2ccccc2)cc1. The number of fused-ring (bicyclic) bond motifs is 1. The lowest BCUT2D eigenvalue weighted by atomic mass is 9.92. The molecule has 4 aromatic rings. The van der Waals surface area contributed by atoms with Crippen LogP contribution in [0.2, 0.25) is 0 Å². The van der Waals surface area contributed by atoms with Gasteiger partial charge in [0.25, 0.3) is 0 Å². The molecule has 0 aliphatic heterocycles. The molecule has 0 saturated carbocycles. The van der Waals surface area contributed by atoms with Gasteiger partial charge in [-0.1, -0.05) is 61.5 Å². The highest BCUT2D eigenvalue weighted by Gasteiger charge is 2.13. The highest BCUT2D eigenvalue weighted by atomic mass is 127. The monoisotopic (exact) mass is 499 g/mol. The van der Waals surface area contributed by atoms with Gasteiger partial charge in [-0.15, -0.1) is 11.8 Å². The third-order valence-electron chi connectivity index (χ3n) is 5.25. The zero-order valence-corrected chi connectivity index (χ0v) is 18.9. The molecule has 0 aliphatic carbocycles. The van der Waals surface area contributed by atoms with Crippen molar-refractivity contribution < 1.29 is 5.11 Å². The van der Waals surface area contributed by atoms with Crippen molar-refractivity contribution in [3.8, 4) is 5.75 Å². The van der Waals surface area contributed by atoms with E-state index in [1.807, 2.05) is 6.07 Å². The fourth-order valence-corrected chi connectivity index (χ4v) is 4.85. The zero-order valence-electron chi connectivity index (χ0n) is 15.9. The number of phenolic OH excluding ortho intramolecular Hbond substituents is 1. The van der Waals surface area contributed by atoms with Crippen LogP contribution in [0.3, 0.4) is 0 Å². The van der Waals surface area contributed by atoms with Gasteiger partial charge in [0.05, 0.1) is 10.5 Å². The van der Waals surface area contributed by atoms with E-state index in [2.05, 4.69) is 107 Å². The fraction of sp³-hybridized carbons (Fsp3) is 0.167. The van der Waals surface area contributed by atoms with E-state index in [1.54, 1.807) is 11.8 Å². The van der Waals surface area contributed by atoms with Crippen molar-refractivity contribution in [2.75, 3.05) is 6.26 Å². The van der Waals surface area contributed by atoms with Crippen LogP contribution in [0.15, 0.2) is 77.8 Å². The smallest absolute Gasteiger partial charge is 0.126 e. The Morgan fingerprint density at radius 1 is 0.964 bits per heavy atom. The summed E-state index contributed by atoms with van der Waals surface area (Å²) in [7, 11) is 0. The van der Waals surface area contributed by atoms with Gasteiger partial charge in [0.2, 0.25) is 0 Å². The number of thioether (sulfide) groups is 1. The number of halogens is 1. The van der Waals surface area contributed by atoms with Crippen LogP contribution in [0.4, 0.5) is 0 Å². The van der Waals surface area contributed by atoms with Gasteiger partial charge in [0.15, 0.2) is 0 Å². The van der Waals surface area contributed by atoms with Crippen LogP contribution >= 0.6 is 34.4 Å². The number of nitrogens with zero attached hydrogens (tertiary/aromatic N) is 1. The molecule has 0 fully saturated rings. The van der Waals surface area contributed by atoms with Gasteiger partial charge in [0, 0.05) is 21.4 Å². The first-order valence-corrected chi connectivity index (χ1v) is 11.6.